The predicted molar refractivity (Wildman–Crippen MR) is 82.0 cm³/mol. The zero-order valence-corrected chi connectivity index (χ0v) is 10.5. The van der Waals surface area contributed by atoms with Crippen molar-refractivity contribution < 1.29 is 0 Å². The Hall–Kier alpha value is -2.61. The Morgan fingerprint density at radius 3 is 2.53 bits per heavy atom. The number of benzene rings is 2. The molecule has 0 saturated carbocycles. The standard InChI is InChI=1S/C17H14N2/c1-2-6-14(7-3-1)10-11-17-18-13-12-15-8-4-5-9-16(15)19-17/h1-13H,(H,18,19). The summed E-state index contributed by atoms with van der Waals surface area (Å²) in [6, 6.07) is 18.4. The van der Waals surface area contributed by atoms with Crippen LogP contribution in [0.25, 0.3) is 12.2 Å². The fourth-order valence-electron chi connectivity index (χ4n) is 1.95. The number of aliphatic imine (C=N–C) groups is 1. The van der Waals surface area contributed by atoms with E-state index in [-0.39, 0.29) is 0 Å². The minimum absolute atomic E-state index is 0.838. The molecule has 2 heteroatoms. The molecule has 1 aliphatic rings. The summed E-state index contributed by atoms with van der Waals surface area (Å²) in [4.78, 5) is 4.39. The zero-order chi connectivity index (χ0) is 12.9. The molecule has 1 aliphatic heterocycles. The molecule has 0 spiro atoms. The van der Waals surface area contributed by atoms with Gasteiger partial charge in [0.05, 0.1) is 0 Å². The number of fused-ring (bicyclic) bond motifs is 1. The Kier molecular flexibility index (Phi) is 3.24. The number of anilines is 1. The number of hydrogen-bond donors (Lipinski definition) is 1. The molecule has 3 rings (SSSR count). The third-order valence-corrected chi connectivity index (χ3v) is 2.92. The molecule has 0 bridgehead atoms. The van der Waals surface area contributed by atoms with Crippen LogP contribution in [0.4, 0.5) is 5.69 Å². The third kappa shape index (κ3) is 2.80. The SMILES string of the molecule is C1=Cc2ccccc2NC(C=Cc2ccccc2)=N1. The fourth-order valence-corrected chi connectivity index (χ4v) is 1.95. The second kappa shape index (κ2) is 5.36. The summed E-state index contributed by atoms with van der Waals surface area (Å²) < 4.78 is 0. The van der Waals surface area contributed by atoms with Crippen molar-refractivity contribution in [2.24, 2.45) is 4.99 Å². The van der Waals surface area contributed by atoms with Crippen molar-refractivity contribution in [3.05, 3.63) is 78.0 Å². The number of amidine groups is 1. The summed E-state index contributed by atoms with van der Waals surface area (Å²) in [7, 11) is 0. The van der Waals surface area contributed by atoms with Gasteiger partial charge >= 0.3 is 0 Å². The topological polar surface area (TPSA) is 24.4 Å². The molecule has 92 valence electrons. The molecule has 2 aromatic carbocycles. The van der Waals surface area contributed by atoms with Crippen LogP contribution >= 0.6 is 0 Å². The van der Waals surface area contributed by atoms with Crippen molar-refractivity contribution in [1.29, 1.82) is 0 Å². The molecular formula is C17H14N2. The van der Waals surface area contributed by atoms with Gasteiger partial charge < -0.3 is 5.32 Å². The highest BCUT2D eigenvalue weighted by Crippen LogP contribution is 2.19. The average Bonchev–Trinajstić information content (AvgIpc) is 2.68. The van der Waals surface area contributed by atoms with Gasteiger partial charge in [0.15, 0.2) is 0 Å². The van der Waals surface area contributed by atoms with Gasteiger partial charge in [-0.15, -0.1) is 0 Å². The van der Waals surface area contributed by atoms with Gasteiger partial charge in [-0.05, 0) is 29.3 Å². The van der Waals surface area contributed by atoms with Crippen LogP contribution in [0.2, 0.25) is 0 Å². The largest absolute Gasteiger partial charge is 0.340 e. The van der Waals surface area contributed by atoms with E-state index < -0.39 is 0 Å². The Morgan fingerprint density at radius 1 is 0.842 bits per heavy atom. The van der Waals surface area contributed by atoms with Crippen LogP contribution in [0, 0.1) is 0 Å². The molecular weight excluding hydrogens is 232 g/mol. The number of nitrogens with zero attached hydrogens (tertiary/aromatic N) is 1. The van der Waals surface area contributed by atoms with Crippen LogP contribution < -0.4 is 5.32 Å². The maximum Gasteiger partial charge on any atom is 0.130 e. The molecule has 0 saturated heterocycles. The lowest BCUT2D eigenvalue weighted by Crippen LogP contribution is -2.08. The highest BCUT2D eigenvalue weighted by atomic mass is 15.0. The van der Waals surface area contributed by atoms with Crippen LogP contribution in [0.15, 0.2) is 71.9 Å². The van der Waals surface area contributed by atoms with E-state index in [2.05, 4.69) is 34.6 Å². The van der Waals surface area contributed by atoms with E-state index in [4.69, 9.17) is 0 Å². The first kappa shape index (κ1) is 11.5. The second-order valence-corrected chi connectivity index (χ2v) is 4.29. The molecule has 2 nitrogen and oxygen atoms in total. The van der Waals surface area contributed by atoms with Crippen LogP contribution in [0.3, 0.4) is 0 Å². The van der Waals surface area contributed by atoms with E-state index in [0.717, 1.165) is 22.6 Å². The first-order chi connectivity index (χ1) is 9.42. The van der Waals surface area contributed by atoms with Gasteiger partial charge in [-0.1, -0.05) is 54.6 Å². The molecule has 2 aromatic rings. The first-order valence-corrected chi connectivity index (χ1v) is 6.25. The molecule has 0 radical (unpaired) electrons. The molecule has 0 unspecified atom stereocenters. The van der Waals surface area contributed by atoms with Crippen molar-refractivity contribution in [1.82, 2.24) is 0 Å². The monoisotopic (exact) mass is 246 g/mol. The van der Waals surface area contributed by atoms with E-state index in [1.165, 1.54) is 0 Å². The van der Waals surface area contributed by atoms with Crippen LogP contribution in [-0.2, 0) is 0 Å². The lowest BCUT2D eigenvalue weighted by molar-refractivity contribution is 1.57. The van der Waals surface area contributed by atoms with Crippen molar-refractivity contribution in [3.63, 3.8) is 0 Å². The fraction of sp³-hybridized carbons (Fsp3) is 0. The number of nitrogens with one attached hydrogen (secondary N) is 1. The smallest absolute Gasteiger partial charge is 0.130 e. The molecule has 0 atom stereocenters. The van der Waals surface area contributed by atoms with E-state index >= 15 is 0 Å². The third-order valence-electron chi connectivity index (χ3n) is 2.92. The minimum Gasteiger partial charge on any atom is -0.340 e. The molecule has 0 amide bonds. The van der Waals surface area contributed by atoms with Gasteiger partial charge in [0.25, 0.3) is 0 Å². The van der Waals surface area contributed by atoms with Crippen molar-refractivity contribution in [2.75, 3.05) is 5.32 Å². The first-order valence-electron chi connectivity index (χ1n) is 6.25. The minimum atomic E-state index is 0.838. The maximum absolute atomic E-state index is 4.39. The predicted octanol–water partition coefficient (Wildman–Crippen LogP) is 4.19. The quantitative estimate of drug-likeness (QED) is 0.844. The number of para-hydroxylation sites is 1. The maximum atomic E-state index is 4.39. The van der Waals surface area contributed by atoms with Gasteiger partial charge in [-0.25, -0.2) is 4.99 Å². The number of rotatable bonds is 2. The molecule has 1 N–H and O–H groups in total. The van der Waals surface area contributed by atoms with E-state index in [1.807, 2.05) is 54.8 Å². The van der Waals surface area contributed by atoms with Crippen LogP contribution in [0.5, 0.6) is 0 Å². The van der Waals surface area contributed by atoms with E-state index in [0.29, 0.717) is 0 Å². The lowest BCUT2D eigenvalue weighted by atomic mass is 10.1. The van der Waals surface area contributed by atoms with Crippen molar-refractivity contribution >= 4 is 23.7 Å². The van der Waals surface area contributed by atoms with Gasteiger partial charge in [0.2, 0.25) is 0 Å². The molecule has 0 aromatic heterocycles. The van der Waals surface area contributed by atoms with Crippen molar-refractivity contribution in [3.8, 4) is 0 Å². The Morgan fingerprint density at radius 2 is 1.63 bits per heavy atom. The summed E-state index contributed by atoms with van der Waals surface area (Å²) in [5.41, 5.74) is 3.38. The van der Waals surface area contributed by atoms with Crippen LogP contribution in [0.1, 0.15) is 11.1 Å². The van der Waals surface area contributed by atoms with Crippen LogP contribution in [-0.4, -0.2) is 5.84 Å². The Balaban J connectivity index is 1.83. The molecule has 0 aliphatic carbocycles. The summed E-state index contributed by atoms with van der Waals surface area (Å²) in [6.45, 7) is 0. The van der Waals surface area contributed by atoms with Crippen molar-refractivity contribution in [2.45, 2.75) is 0 Å². The normalized spacial score (nSPS) is 13.6. The molecule has 0 fully saturated rings. The van der Waals surface area contributed by atoms with E-state index in [9.17, 15) is 0 Å². The average molecular weight is 246 g/mol. The molecule has 19 heavy (non-hydrogen) atoms. The highest BCUT2D eigenvalue weighted by molar-refractivity contribution is 6.08. The molecule has 1 heterocycles. The van der Waals surface area contributed by atoms with Gasteiger partial charge in [0, 0.05) is 11.9 Å². The second-order valence-electron chi connectivity index (χ2n) is 4.29. The summed E-state index contributed by atoms with van der Waals surface area (Å²) in [5.74, 6) is 0.838. The Bertz CT molecular complexity index is 652. The summed E-state index contributed by atoms with van der Waals surface area (Å²) >= 11 is 0. The number of hydrogen-bond acceptors (Lipinski definition) is 2. The summed E-state index contributed by atoms with van der Waals surface area (Å²) in [6.07, 6.45) is 7.87. The Labute approximate surface area is 112 Å². The zero-order valence-electron chi connectivity index (χ0n) is 10.5. The van der Waals surface area contributed by atoms with Gasteiger partial charge in [-0.3, -0.25) is 0 Å². The van der Waals surface area contributed by atoms with E-state index in [1.54, 1.807) is 0 Å². The highest BCUT2D eigenvalue weighted by Gasteiger charge is 2.03. The lowest BCUT2D eigenvalue weighted by Gasteiger charge is -2.06. The summed E-state index contributed by atoms with van der Waals surface area (Å²) in [5, 5.41) is 3.33. The van der Waals surface area contributed by atoms with Gasteiger partial charge in [0.1, 0.15) is 5.84 Å². The van der Waals surface area contributed by atoms with Gasteiger partial charge in [-0.2, -0.15) is 0 Å².